The summed E-state index contributed by atoms with van der Waals surface area (Å²) in [6.07, 6.45) is 1.50. The molecule has 1 saturated carbocycles. The van der Waals surface area contributed by atoms with Crippen molar-refractivity contribution in [3.63, 3.8) is 0 Å². The zero-order valence-corrected chi connectivity index (χ0v) is 9.24. The molecule has 0 aromatic rings. The van der Waals surface area contributed by atoms with Gasteiger partial charge < -0.3 is 5.32 Å². The molecule has 1 rings (SSSR count). The summed E-state index contributed by atoms with van der Waals surface area (Å²) in [5.41, 5.74) is 0. The molecule has 0 spiro atoms. The molecule has 90 valence electrons. The highest BCUT2D eigenvalue weighted by Gasteiger charge is 2.40. The maximum Gasteiger partial charge on any atom is 0.403 e. The summed E-state index contributed by atoms with van der Waals surface area (Å²) in [7, 11) is 0. The second kappa shape index (κ2) is 5.73. The molecular formula is C11H20F3N. The largest absolute Gasteiger partial charge is 0.403 e. The molecule has 15 heavy (non-hydrogen) atoms. The van der Waals surface area contributed by atoms with Crippen LogP contribution in [0.15, 0.2) is 0 Å². The molecule has 0 aromatic heterocycles. The van der Waals surface area contributed by atoms with Crippen molar-refractivity contribution >= 4 is 0 Å². The molecule has 1 aliphatic rings. The third-order valence-corrected chi connectivity index (χ3v) is 3.14. The van der Waals surface area contributed by atoms with Gasteiger partial charge in [0.25, 0.3) is 0 Å². The van der Waals surface area contributed by atoms with Crippen LogP contribution < -0.4 is 5.32 Å². The van der Waals surface area contributed by atoms with Crippen LogP contribution in [-0.2, 0) is 0 Å². The minimum Gasteiger partial charge on any atom is -0.306 e. The van der Waals surface area contributed by atoms with Gasteiger partial charge in [0.05, 0.1) is 0 Å². The Balaban J connectivity index is 2.42. The van der Waals surface area contributed by atoms with Gasteiger partial charge in [-0.1, -0.05) is 39.0 Å². The maximum absolute atomic E-state index is 12.6. The van der Waals surface area contributed by atoms with Crippen LogP contribution in [0.4, 0.5) is 13.2 Å². The highest BCUT2D eigenvalue weighted by Crippen LogP contribution is 2.32. The SMILES string of the molecule is CCNC(CC1CCCCC1)C(F)(F)F. The van der Waals surface area contributed by atoms with Crippen LogP contribution in [0.2, 0.25) is 0 Å². The minimum absolute atomic E-state index is 0.261. The topological polar surface area (TPSA) is 12.0 Å². The lowest BCUT2D eigenvalue weighted by atomic mass is 9.84. The molecule has 0 heterocycles. The molecule has 0 aromatic carbocycles. The van der Waals surface area contributed by atoms with E-state index in [1.165, 1.54) is 6.42 Å². The van der Waals surface area contributed by atoms with E-state index in [0.717, 1.165) is 25.7 Å². The summed E-state index contributed by atoms with van der Waals surface area (Å²) in [6, 6.07) is -1.30. The van der Waals surface area contributed by atoms with Crippen molar-refractivity contribution in [3.05, 3.63) is 0 Å². The number of alkyl halides is 3. The Morgan fingerprint density at radius 3 is 2.27 bits per heavy atom. The molecule has 0 aliphatic heterocycles. The first-order valence-corrected chi connectivity index (χ1v) is 5.84. The van der Waals surface area contributed by atoms with Crippen LogP contribution >= 0.6 is 0 Å². The number of rotatable bonds is 4. The Morgan fingerprint density at radius 2 is 1.80 bits per heavy atom. The standard InChI is InChI=1S/C11H20F3N/c1-2-15-10(11(12,13)14)8-9-6-4-3-5-7-9/h9-10,15H,2-8H2,1H3. The molecule has 0 saturated heterocycles. The fourth-order valence-corrected chi connectivity index (χ4v) is 2.34. The Labute approximate surface area is 89.4 Å². The normalized spacial score (nSPS) is 21.6. The van der Waals surface area contributed by atoms with Gasteiger partial charge in [-0.15, -0.1) is 0 Å². The zero-order chi connectivity index (χ0) is 11.3. The summed E-state index contributed by atoms with van der Waals surface area (Å²) >= 11 is 0. The van der Waals surface area contributed by atoms with E-state index >= 15 is 0 Å². The van der Waals surface area contributed by atoms with Gasteiger partial charge in [-0.05, 0) is 18.9 Å². The molecule has 1 fully saturated rings. The average Bonchev–Trinajstić information content (AvgIpc) is 2.17. The monoisotopic (exact) mass is 223 g/mol. The lowest BCUT2D eigenvalue weighted by Crippen LogP contribution is -2.43. The molecule has 1 unspecified atom stereocenters. The molecule has 0 radical (unpaired) electrons. The first kappa shape index (κ1) is 12.8. The first-order valence-electron chi connectivity index (χ1n) is 5.84. The van der Waals surface area contributed by atoms with E-state index < -0.39 is 12.2 Å². The van der Waals surface area contributed by atoms with Gasteiger partial charge >= 0.3 is 6.18 Å². The van der Waals surface area contributed by atoms with Crippen molar-refractivity contribution in [2.24, 2.45) is 5.92 Å². The molecule has 0 amide bonds. The van der Waals surface area contributed by atoms with E-state index in [2.05, 4.69) is 5.32 Å². The number of hydrogen-bond acceptors (Lipinski definition) is 1. The predicted octanol–water partition coefficient (Wildman–Crippen LogP) is 3.50. The van der Waals surface area contributed by atoms with Crippen LogP contribution in [0.5, 0.6) is 0 Å². The number of hydrogen-bond donors (Lipinski definition) is 1. The lowest BCUT2D eigenvalue weighted by Gasteiger charge is -2.28. The van der Waals surface area contributed by atoms with Crippen LogP contribution in [0.1, 0.15) is 45.4 Å². The third-order valence-electron chi connectivity index (χ3n) is 3.14. The highest BCUT2D eigenvalue weighted by atomic mass is 19.4. The Hall–Kier alpha value is -0.250. The van der Waals surface area contributed by atoms with E-state index in [-0.39, 0.29) is 12.3 Å². The van der Waals surface area contributed by atoms with Gasteiger partial charge in [-0.2, -0.15) is 13.2 Å². The minimum atomic E-state index is -4.09. The van der Waals surface area contributed by atoms with Crippen molar-refractivity contribution in [2.75, 3.05) is 6.54 Å². The molecule has 1 aliphatic carbocycles. The van der Waals surface area contributed by atoms with Gasteiger partial charge in [-0.25, -0.2) is 0 Å². The number of halogens is 3. The fourth-order valence-electron chi connectivity index (χ4n) is 2.34. The summed E-state index contributed by atoms with van der Waals surface area (Å²) < 4.78 is 37.8. The molecule has 1 N–H and O–H groups in total. The van der Waals surface area contributed by atoms with Crippen molar-refractivity contribution < 1.29 is 13.2 Å². The quantitative estimate of drug-likeness (QED) is 0.769. The lowest BCUT2D eigenvalue weighted by molar-refractivity contribution is -0.160. The summed E-state index contributed by atoms with van der Waals surface area (Å²) in [4.78, 5) is 0. The van der Waals surface area contributed by atoms with Crippen molar-refractivity contribution in [2.45, 2.75) is 57.7 Å². The van der Waals surface area contributed by atoms with Gasteiger partial charge in [0.1, 0.15) is 6.04 Å². The van der Waals surface area contributed by atoms with Crippen LogP contribution in [0.25, 0.3) is 0 Å². The first-order chi connectivity index (χ1) is 7.04. The van der Waals surface area contributed by atoms with Gasteiger partial charge in [0, 0.05) is 0 Å². The van der Waals surface area contributed by atoms with E-state index in [0.29, 0.717) is 6.54 Å². The van der Waals surface area contributed by atoms with Crippen LogP contribution in [0.3, 0.4) is 0 Å². The Bertz CT molecular complexity index is 173. The third kappa shape index (κ3) is 4.41. The summed E-state index contributed by atoms with van der Waals surface area (Å²) in [6.45, 7) is 2.11. The molecule has 4 heteroatoms. The summed E-state index contributed by atoms with van der Waals surface area (Å²) in [5, 5.41) is 2.54. The molecule has 1 atom stereocenters. The smallest absolute Gasteiger partial charge is 0.306 e. The molecule has 0 bridgehead atoms. The second-order valence-electron chi connectivity index (χ2n) is 4.39. The Morgan fingerprint density at radius 1 is 1.20 bits per heavy atom. The van der Waals surface area contributed by atoms with Gasteiger partial charge in [0.15, 0.2) is 0 Å². The average molecular weight is 223 g/mol. The van der Waals surface area contributed by atoms with Gasteiger partial charge in [-0.3, -0.25) is 0 Å². The van der Waals surface area contributed by atoms with E-state index in [1.54, 1.807) is 6.92 Å². The van der Waals surface area contributed by atoms with Crippen molar-refractivity contribution in [1.82, 2.24) is 5.32 Å². The van der Waals surface area contributed by atoms with Crippen molar-refractivity contribution in [1.29, 1.82) is 0 Å². The highest BCUT2D eigenvalue weighted by molar-refractivity contribution is 4.79. The van der Waals surface area contributed by atoms with E-state index in [4.69, 9.17) is 0 Å². The van der Waals surface area contributed by atoms with E-state index in [9.17, 15) is 13.2 Å². The van der Waals surface area contributed by atoms with Crippen molar-refractivity contribution in [3.8, 4) is 0 Å². The van der Waals surface area contributed by atoms with Gasteiger partial charge in [0.2, 0.25) is 0 Å². The molecule has 1 nitrogen and oxygen atoms in total. The van der Waals surface area contributed by atoms with Crippen LogP contribution in [-0.4, -0.2) is 18.8 Å². The maximum atomic E-state index is 12.6. The predicted molar refractivity (Wildman–Crippen MR) is 54.7 cm³/mol. The fraction of sp³-hybridized carbons (Fsp3) is 1.00. The molecular weight excluding hydrogens is 203 g/mol. The number of nitrogens with one attached hydrogen (secondary N) is 1. The summed E-state index contributed by atoms with van der Waals surface area (Å²) in [5.74, 6) is 0.268. The second-order valence-corrected chi connectivity index (χ2v) is 4.39. The zero-order valence-electron chi connectivity index (χ0n) is 9.24. The van der Waals surface area contributed by atoms with Crippen LogP contribution in [0, 0.1) is 5.92 Å². The van der Waals surface area contributed by atoms with E-state index in [1.807, 2.05) is 0 Å². The Kier molecular flexibility index (Phi) is 4.90.